The molecule has 136 valence electrons. The van der Waals surface area contributed by atoms with Crippen LogP contribution < -0.4 is 10.1 Å². The Kier molecular flexibility index (Phi) is 6.53. The summed E-state index contributed by atoms with van der Waals surface area (Å²) >= 11 is 6.19. The van der Waals surface area contributed by atoms with Crippen LogP contribution >= 0.6 is 11.6 Å². The van der Waals surface area contributed by atoms with Crippen molar-refractivity contribution in [3.63, 3.8) is 0 Å². The van der Waals surface area contributed by atoms with E-state index in [1.54, 1.807) is 0 Å². The summed E-state index contributed by atoms with van der Waals surface area (Å²) in [6.45, 7) is 13.0. The third-order valence-electron chi connectivity index (χ3n) is 4.13. The van der Waals surface area contributed by atoms with Crippen molar-refractivity contribution in [1.29, 1.82) is 0 Å². The number of rotatable bonds is 7. The van der Waals surface area contributed by atoms with Gasteiger partial charge in [-0.1, -0.05) is 62.7 Å². The van der Waals surface area contributed by atoms with Crippen LogP contribution in [-0.4, -0.2) is 5.54 Å². The molecule has 0 saturated heterocycles. The summed E-state index contributed by atoms with van der Waals surface area (Å²) in [5.41, 5.74) is 2.83. The Bertz CT molecular complexity index is 688. The molecule has 0 aliphatic carbocycles. The van der Waals surface area contributed by atoms with Gasteiger partial charge in [0, 0.05) is 22.6 Å². The van der Waals surface area contributed by atoms with Crippen molar-refractivity contribution in [2.45, 2.75) is 59.7 Å². The zero-order valence-electron chi connectivity index (χ0n) is 16.1. The number of halogens is 1. The third kappa shape index (κ3) is 7.09. The summed E-state index contributed by atoms with van der Waals surface area (Å²) in [7, 11) is 0. The number of quaternary nitrogens is 1. The molecule has 0 aromatic heterocycles. The van der Waals surface area contributed by atoms with E-state index >= 15 is 0 Å². The molecule has 0 aliphatic rings. The van der Waals surface area contributed by atoms with Gasteiger partial charge in [0.15, 0.2) is 0 Å². The topological polar surface area (TPSA) is 25.8 Å². The van der Waals surface area contributed by atoms with Crippen LogP contribution in [0.4, 0.5) is 0 Å². The zero-order chi connectivity index (χ0) is 18.5. The summed E-state index contributed by atoms with van der Waals surface area (Å²) in [4.78, 5) is 0. The monoisotopic (exact) mass is 360 g/mol. The van der Waals surface area contributed by atoms with E-state index in [4.69, 9.17) is 16.3 Å². The summed E-state index contributed by atoms with van der Waals surface area (Å²) in [5.74, 6) is 0.888. The summed E-state index contributed by atoms with van der Waals surface area (Å²) in [5, 5.41) is 3.17. The molecule has 0 heterocycles. The quantitative estimate of drug-likeness (QED) is 0.721. The highest BCUT2D eigenvalue weighted by molar-refractivity contribution is 6.31. The summed E-state index contributed by atoms with van der Waals surface area (Å²) in [6, 6.07) is 16.1. The Balaban J connectivity index is 1.94. The number of ether oxygens (including phenoxy) is 1. The first kappa shape index (κ1) is 19.8. The van der Waals surface area contributed by atoms with Crippen molar-refractivity contribution in [2.75, 3.05) is 0 Å². The molecule has 0 radical (unpaired) electrons. The van der Waals surface area contributed by atoms with E-state index in [2.05, 4.69) is 58.1 Å². The molecule has 0 fully saturated rings. The Morgan fingerprint density at radius 3 is 2.36 bits per heavy atom. The largest absolute Gasteiger partial charge is 0.489 e. The van der Waals surface area contributed by atoms with E-state index in [1.807, 2.05) is 30.3 Å². The van der Waals surface area contributed by atoms with E-state index in [1.165, 1.54) is 12.0 Å². The van der Waals surface area contributed by atoms with Gasteiger partial charge in [0.05, 0.1) is 5.54 Å². The Morgan fingerprint density at radius 2 is 1.68 bits per heavy atom. The van der Waals surface area contributed by atoms with E-state index in [9.17, 15) is 0 Å². The summed E-state index contributed by atoms with van der Waals surface area (Å²) < 4.78 is 5.93. The number of hydrogen-bond acceptors (Lipinski definition) is 1. The Hall–Kier alpha value is -1.51. The molecular weight excluding hydrogens is 330 g/mol. The van der Waals surface area contributed by atoms with Gasteiger partial charge in [0.1, 0.15) is 18.9 Å². The molecule has 0 spiro atoms. The third-order valence-corrected chi connectivity index (χ3v) is 4.50. The first-order valence-corrected chi connectivity index (χ1v) is 9.32. The van der Waals surface area contributed by atoms with Gasteiger partial charge < -0.3 is 10.1 Å². The van der Waals surface area contributed by atoms with Crippen molar-refractivity contribution >= 4 is 11.6 Å². The van der Waals surface area contributed by atoms with Crippen molar-refractivity contribution in [3.8, 4) is 5.75 Å². The van der Waals surface area contributed by atoms with Gasteiger partial charge in [-0.3, -0.25) is 0 Å². The molecule has 0 saturated carbocycles. The van der Waals surface area contributed by atoms with E-state index in [0.717, 1.165) is 22.9 Å². The van der Waals surface area contributed by atoms with E-state index in [0.29, 0.717) is 12.0 Å². The maximum Gasteiger partial charge on any atom is 0.120 e. The van der Waals surface area contributed by atoms with Crippen LogP contribution in [0.5, 0.6) is 5.75 Å². The van der Waals surface area contributed by atoms with Crippen LogP contribution in [0, 0.1) is 5.41 Å². The minimum absolute atomic E-state index is 0.215. The lowest BCUT2D eigenvalue weighted by atomic mass is 9.82. The molecule has 25 heavy (non-hydrogen) atoms. The predicted octanol–water partition coefficient (Wildman–Crippen LogP) is 5.20. The van der Waals surface area contributed by atoms with Crippen LogP contribution in [0.3, 0.4) is 0 Å². The molecule has 0 amide bonds. The van der Waals surface area contributed by atoms with Crippen LogP contribution in [0.1, 0.15) is 52.2 Å². The number of benzene rings is 2. The van der Waals surface area contributed by atoms with Gasteiger partial charge >= 0.3 is 0 Å². The van der Waals surface area contributed by atoms with Gasteiger partial charge in [0.2, 0.25) is 0 Å². The molecule has 2 nitrogen and oxygen atoms in total. The van der Waals surface area contributed by atoms with Gasteiger partial charge in [-0.05, 0) is 37.5 Å². The molecule has 0 aliphatic heterocycles. The highest BCUT2D eigenvalue weighted by Gasteiger charge is 2.28. The maximum atomic E-state index is 6.19. The smallest absolute Gasteiger partial charge is 0.120 e. The van der Waals surface area contributed by atoms with E-state index < -0.39 is 0 Å². The van der Waals surface area contributed by atoms with Crippen molar-refractivity contribution in [1.82, 2.24) is 0 Å². The second-order valence-electron chi connectivity index (χ2n) is 8.66. The number of hydrogen-bond donors (Lipinski definition) is 1. The molecule has 2 rings (SSSR count). The van der Waals surface area contributed by atoms with Crippen molar-refractivity contribution in [3.05, 3.63) is 64.7 Å². The molecule has 0 unspecified atom stereocenters. The van der Waals surface area contributed by atoms with E-state index in [-0.39, 0.29) is 5.54 Å². The molecule has 0 atom stereocenters. The zero-order valence-corrected chi connectivity index (χ0v) is 16.9. The van der Waals surface area contributed by atoms with Gasteiger partial charge in [-0.15, -0.1) is 0 Å². The fraction of sp³-hybridized carbons (Fsp3) is 0.455. The Morgan fingerprint density at radius 1 is 0.960 bits per heavy atom. The molecular formula is C22H31ClNO+. The lowest BCUT2D eigenvalue weighted by Gasteiger charge is -2.30. The molecule has 2 aromatic carbocycles. The highest BCUT2D eigenvalue weighted by atomic mass is 35.5. The average molecular weight is 361 g/mol. The first-order chi connectivity index (χ1) is 11.6. The van der Waals surface area contributed by atoms with Crippen molar-refractivity contribution < 1.29 is 10.1 Å². The molecule has 0 bridgehead atoms. The number of nitrogens with two attached hydrogens (primary N) is 1. The van der Waals surface area contributed by atoms with Crippen molar-refractivity contribution in [2.24, 2.45) is 5.41 Å². The standard InChI is InChI=1S/C22H30ClNO/c1-21(2,3)16-22(4,5)24-14-17-9-8-11-19(13-17)25-15-18-10-6-7-12-20(18)23/h6-13,24H,14-16H2,1-5H3/p+1. The molecule has 2 N–H and O–H groups in total. The summed E-state index contributed by atoms with van der Waals surface area (Å²) in [6.07, 6.45) is 1.17. The minimum atomic E-state index is 0.215. The highest BCUT2D eigenvalue weighted by Crippen LogP contribution is 2.24. The van der Waals surface area contributed by atoms with Crippen LogP contribution in [0.15, 0.2) is 48.5 Å². The minimum Gasteiger partial charge on any atom is -0.489 e. The lowest BCUT2D eigenvalue weighted by Crippen LogP contribution is -2.94. The molecule has 3 heteroatoms. The molecule has 2 aromatic rings. The SMILES string of the molecule is CC(C)(C)CC(C)(C)[NH2+]Cc1cccc(OCc2ccccc2Cl)c1. The van der Waals surface area contributed by atoms with Gasteiger partial charge in [-0.2, -0.15) is 0 Å². The predicted molar refractivity (Wildman–Crippen MR) is 106 cm³/mol. The van der Waals surface area contributed by atoms with Gasteiger partial charge in [0.25, 0.3) is 0 Å². The fourth-order valence-electron chi connectivity index (χ4n) is 3.37. The van der Waals surface area contributed by atoms with Crippen LogP contribution in [0.2, 0.25) is 5.02 Å². The van der Waals surface area contributed by atoms with Crippen LogP contribution in [-0.2, 0) is 13.2 Å². The Labute approximate surface area is 157 Å². The normalized spacial score (nSPS) is 12.2. The second kappa shape index (κ2) is 8.25. The lowest BCUT2D eigenvalue weighted by molar-refractivity contribution is -0.737. The average Bonchev–Trinajstić information content (AvgIpc) is 2.51. The fourth-order valence-corrected chi connectivity index (χ4v) is 3.56. The van der Waals surface area contributed by atoms with Gasteiger partial charge in [-0.25, -0.2) is 0 Å². The van der Waals surface area contributed by atoms with Crippen LogP contribution in [0.25, 0.3) is 0 Å². The maximum absolute atomic E-state index is 6.19. The first-order valence-electron chi connectivity index (χ1n) is 8.94. The second-order valence-corrected chi connectivity index (χ2v) is 9.07.